The quantitative estimate of drug-likeness (QED) is 0.792. The maximum absolute atomic E-state index is 12.5. The van der Waals surface area contributed by atoms with Gasteiger partial charge in [-0.25, -0.2) is 8.42 Å². The zero-order chi connectivity index (χ0) is 17.3. The smallest absolute Gasteiger partial charge is 0.326 e. The van der Waals surface area contributed by atoms with Gasteiger partial charge >= 0.3 is 5.97 Å². The van der Waals surface area contributed by atoms with E-state index in [1.165, 1.54) is 12.4 Å². The van der Waals surface area contributed by atoms with Crippen molar-refractivity contribution in [1.82, 2.24) is 14.5 Å². The predicted molar refractivity (Wildman–Crippen MR) is 86.8 cm³/mol. The lowest BCUT2D eigenvalue weighted by Crippen LogP contribution is -2.33. The summed E-state index contributed by atoms with van der Waals surface area (Å²) in [5.74, 6) is -0.693. The van der Waals surface area contributed by atoms with Gasteiger partial charge in [-0.3, -0.25) is 9.48 Å². The van der Waals surface area contributed by atoms with Crippen LogP contribution in [0.15, 0.2) is 41.6 Å². The number of carbonyl (C=O) groups is 1. The number of hydrogen-bond acceptors (Lipinski definition) is 4. The van der Waals surface area contributed by atoms with Crippen LogP contribution in [-0.2, 0) is 21.4 Å². The molecule has 0 aliphatic heterocycles. The summed E-state index contributed by atoms with van der Waals surface area (Å²) < 4.78 is 28.8. The van der Waals surface area contributed by atoms with E-state index in [4.69, 9.17) is 0 Å². The highest BCUT2D eigenvalue weighted by molar-refractivity contribution is 7.89. The molecule has 8 heteroatoms. The second kappa shape index (κ2) is 6.37. The number of benzene rings is 1. The first kappa shape index (κ1) is 16.7. The number of hydrogen-bond donors (Lipinski definition) is 2. The monoisotopic (exact) mass is 349 g/mol. The molecule has 0 radical (unpaired) electrons. The van der Waals surface area contributed by atoms with Crippen LogP contribution in [0, 0.1) is 12.8 Å². The minimum absolute atomic E-state index is 0.0259. The third-order valence-electron chi connectivity index (χ3n) is 3.96. The molecular weight excluding hydrogens is 330 g/mol. The SMILES string of the molecule is Cc1cccc(C(NS(=O)(=O)c2cnn(CC3CC3)c2)C(=O)O)c1. The number of aromatic nitrogens is 2. The molecule has 1 atom stereocenters. The summed E-state index contributed by atoms with van der Waals surface area (Å²) in [6.07, 6.45) is 4.96. The molecule has 0 amide bonds. The van der Waals surface area contributed by atoms with Crippen molar-refractivity contribution in [2.75, 3.05) is 0 Å². The molecule has 7 nitrogen and oxygen atoms in total. The van der Waals surface area contributed by atoms with Crippen molar-refractivity contribution >= 4 is 16.0 Å². The van der Waals surface area contributed by atoms with Crippen molar-refractivity contribution in [3.8, 4) is 0 Å². The van der Waals surface area contributed by atoms with Gasteiger partial charge in [0.1, 0.15) is 10.9 Å². The average molecular weight is 349 g/mol. The Morgan fingerprint density at radius 3 is 2.83 bits per heavy atom. The average Bonchev–Trinajstić information content (AvgIpc) is 3.19. The lowest BCUT2D eigenvalue weighted by Gasteiger charge is -2.15. The number of sulfonamides is 1. The van der Waals surface area contributed by atoms with Crippen LogP contribution < -0.4 is 4.72 Å². The van der Waals surface area contributed by atoms with Gasteiger partial charge in [0.05, 0.1) is 6.20 Å². The topological polar surface area (TPSA) is 101 Å². The Bertz CT molecular complexity index is 856. The number of aryl methyl sites for hydroxylation is 1. The zero-order valence-electron chi connectivity index (χ0n) is 13.2. The van der Waals surface area contributed by atoms with Crippen LogP contribution >= 0.6 is 0 Å². The molecule has 0 bridgehead atoms. The summed E-state index contributed by atoms with van der Waals surface area (Å²) in [4.78, 5) is 11.5. The van der Waals surface area contributed by atoms with Crippen molar-refractivity contribution < 1.29 is 18.3 Å². The molecule has 1 aliphatic carbocycles. The van der Waals surface area contributed by atoms with E-state index in [2.05, 4.69) is 9.82 Å². The summed E-state index contributed by atoms with van der Waals surface area (Å²) >= 11 is 0. The van der Waals surface area contributed by atoms with Crippen molar-refractivity contribution in [1.29, 1.82) is 0 Å². The van der Waals surface area contributed by atoms with E-state index in [1.807, 2.05) is 13.0 Å². The van der Waals surface area contributed by atoms with Crippen molar-refractivity contribution in [2.45, 2.75) is 37.2 Å². The van der Waals surface area contributed by atoms with E-state index in [0.717, 1.165) is 18.4 Å². The number of nitrogens with one attached hydrogen (secondary N) is 1. The van der Waals surface area contributed by atoms with Gasteiger partial charge in [0.15, 0.2) is 0 Å². The molecule has 2 N–H and O–H groups in total. The second-order valence-corrected chi connectivity index (χ2v) is 7.86. The van der Waals surface area contributed by atoms with Gasteiger partial charge in [-0.1, -0.05) is 29.8 Å². The molecule has 2 aromatic rings. The van der Waals surface area contributed by atoms with Crippen LogP contribution in [0.25, 0.3) is 0 Å². The van der Waals surface area contributed by atoms with Gasteiger partial charge in [0.25, 0.3) is 0 Å². The fraction of sp³-hybridized carbons (Fsp3) is 0.375. The first-order valence-electron chi connectivity index (χ1n) is 7.69. The molecule has 1 aliphatic rings. The van der Waals surface area contributed by atoms with Gasteiger partial charge in [-0.15, -0.1) is 0 Å². The van der Waals surface area contributed by atoms with Crippen LogP contribution in [0.5, 0.6) is 0 Å². The zero-order valence-corrected chi connectivity index (χ0v) is 14.0. The van der Waals surface area contributed by atoms with Crippen molar-refractivity contribution in [3.63, 3.8) is 0 Å². The Balaban J connectivity index is 1.82. The van der Waals surface area contributed by atoms with Crippen molar-refractivity contribution in [2.24, 2.45) is 5.92 Å². The van der Waals surface area contributed by atoms with E-state index in [1.54, 1.807) is 22.9 Å². The van der Waals surface area contributed by atoms with E-state index < -0.39 is 22.0 Å². The normalized spacial score (nSPS) is 16.0. The third-order valence-corrected chi connectivity index (χ3v) is 5.33. The van der Waals surface area contributed by atoms with E-state index in [9.17, 15) is 18.3 Å². The number of nitrogens with zero attached hydrogens (tertiary/aromatic N) is 2. The Labute approximate surface area is 140 Å². The van der Waals surface area contributed by atoms with E-state index in [0.29, 0.717) is 18.0 Å². The van der Waals surface area contributed by atoms with Gasteiger partial charge < -0.3 is 5.11 Å². The van der Waals surface area contributed by atoms with Crippen LogP contribution in [-0.4, -0.2) is 29.3 Å². The van der Waals surface area contributed by atoms with Crippen LogP contribution in [0.4, 0.5) is 0 Å². The molecule has 3 rings (SSSR count). The maximum Gasteiger partial charge on any atom is 0.326 e. The van der Waals surface area contributed by atoms with Crippen LogP contribution in [0.2, 0.25) is 0 Å². The first-order valence-corrected chi connectivity index (χ1v) is 9.17. The summed E-state index contributed by atoms with van der Waals surface area (Å²) in [7, 11) is -3.97. The van der Waals surface area contributed by atoms with E-state index >= 15 is 0 Å². The molecule has 0 spiro atoms. The lowest BCUT2D eigenvalue weighted by atomic mass is 10.1. The maximum atomic E-state index is 12.5. The van der Waals surface area contributed by atoms with Gasteiger partial charge in [-0.2, -0.15) is 9.82 Å². The molecule has 1 fully saturated rings. The molecule has 1 aromatic heterocycles. The molecule has 1 saturated carbocycles. The summed E-state index contributed by atoms with van der Waals surface area (Å²) in [6.45, 7) is 2.51. The minimum Gasteiger partial charge on any atom is -0.480 e. The van der Waals surface area contributed by atoms with E-state index in [-0.39, 0.29) is 4.90 Å². The Hall–Kier alpha value is -2.19. The fourth-order valence-electron chi connectivity index (χ4n) is 2.48. The molecule has 1 unspecified atom stereocenters. The predicted octanol–water partition coefficient (Wildman–Crippen LogP) is 1.71. The number of carboxylic acids is 1. The standard InChI is InChI=1S/C16H19N3O4S/c1-11-3-2-4-13(7-11)15(16(20)21)18-24(22,23)14-8-17-19(10-14)9-12-5-6-12/h2-4,7-8,10,12,15,18H,5-6,9H2,1H3,(H,20,21). The highest BCUT2D eigenvalue weighted by atomic mass is 32.2. The molecule has 0 saturated heterocycles. The summed E-state index contributed by atoms with van der Waals surface area (Å²) in [6, 6.07) is 5.41. The highest BCUT2D eigenvalue weighted by Crippen LogP contribution is 2.30. The second-order valence-electron chi connectivity index (χ2n) is 6.15. The molecular formula is C16H19N3O4S. The van der Waals surface area contributed by atoms with Gasteiger partial charge in [0.2, 0.25) is 10.0 Å². The molecule has 1 heterocycles. The van der Waals surface area contributed by atoms with Crippen LogP contribution in [0.1, 0.15) is 30.0 Å². The minimum atomic E-state index is -3.97. The fourth-order valence-corrected chi connectivity index (χ4v) is 3.61. The van der Waals surface area contributed by atoms with Crippen molar-refractivity contribution in [3.05, 3.63) is 47.8 Å². The molecule has 1 aromatic carbocycles. The summed E-state index contributed by atoms with van der Waals surface area (Å²) in [5.41, 5.74) is 1.24. The lowest BCUT2D eigenvalue weighted by molar-refractivity contribution is -0.139. The number of carboxylic acid groups (broad SMARTS) is 1. The number of aliphatic carboxylic acids is 1. The number of rotatable bonds is 7. The largest absolute Gasteiger partial charge is 0.480 e. The van der Waals surface area contributed by atoms with Gasteiger partial charge in [-0.05, 0) is 31.2 Å². The highest BCUT2D eigenvalue weighted by Gasteiger charge is 2.28. The van der Waals surface area contributed by atoms with Gasteiger partial charge in [0, 0.05) is 12.7 Å². The molecule has 24 heavy (non-hydrogen) atoms. The first-order chi connectivity index (χ1) is 11.3. The summed E-state index contributed by atoms with van der Waals surface area (Å²) in [5, 5.41) is 13.5. The Kier molecular flexibility index (Phi) is 4.42. The van der Waals surface area contributed by atoms with Crippen LogP contribution in [0.3, 0.4) is 0 Å². The Morgan fingerprint density at radius 1 is 1.46 bits per heavy atom. The third kappa shape index (κ3) is 3.82. The Morgan fingerprint density at radius 2 is 2.21 bits per heavy atom. The molecule has 128 valence electrons.